The third-order valence-corrected chi connectivity index (χ3v) is 8.44. The summed E-state index contributed by atoms with van der Waals surface area (Å²) in [6, 6.07) is 8.49. The Kier molecular flexibility index (Phi) is 7.64. The molecule has 0 saturated carbocycles. The molecule has 194 valence electrons. The Balaban J connectivity index is 2.66. The van der Waals surface area contributed by atoms with Crippen LogP contribution in [0.3, 0.4) is 0 Å². The molecule has 0 radical (unpaired) electrons. The number of anilines is 1. The van der Waals surface area contributed by atoms with Crippen molar-refractivity contribution in [2.45, 2.75) is 84.4 Å². The van der Waals surface area contributed by atoms with E-state index in [4.69, 9.17) is 4.74 Å². The molecule has 10 nitrogen and oxygen atoms in total. The van der Waals surface area contributed by atoms with Crippen LogP contribution in [-0.2, 0) is 14.8 Å². The number of carbonyl (C=O) groups excluding carboxylic acids is 1. The van der Waals surface area contributed by atoms with E-state index in [1.807, 2.05) is 0 Å². The number of hydrogen-bond donors (Lipinski definition) is 4. The summed E-state index contributed by atoms with van der Waals surface area (Å²) in [4.78, 5) is 49.8. The van der Waals surface area contributed by atoms with E-state index in [2.05, 4.69) is 10.3 Å². The number of nitrogens with zero attached hydrogens (tertiary/aromatic N) is 2. The summed E-state index contributed by atoms with van der Waals surface area (Å²) in [6.45, 7) is 13.4. The van der Waals surface area contributed by atoms with Crippen LogP contribution >= 0.6 is 7.60 Å². The molecular formula is C24H36N3O7P. The summed E-state index contributed by atoms with van der Waals surface area (Å²) in [5.74, 6) is -0.333. The van der Waals surface area contributed by atoms with E-state index >= 15 is 0 Å². The lowest BCUT2D eigenvalue weighted by Crippen LogP contribution is -2.67. The quantitative estimate of drug-likeness (QED) is 0.396. The summed E-state index contributed by atoms with van der Waals surface area (Å²) in [7, 11) is -4.77. The molecule has 0 spiro atoms. The van der Waals surface area contributed by atoms with Gasteiger partial charge in [-0.3, -0.25) is 13.9 Å². The second-order valence-corrected chi connectivity index (χ2v) is 12.5. The first-order valence-corrected chi connectivity index (χ1v) is 12.7. The zero-order valence-corrected chi connectivity index (χ0v) is 22.6. The number of benzene rings is 1. The molecule has 1 heterocycles. The van der Waals surface area contributed by atoms with E-state index in [-0.39, 0.29) is 5.82 Å². The zero-order chi connectivity index (χ0) is 27.2. The maximum Gasteiger partial charge on any atom is 0.356 e. The molecule has 1 atom stereocenters. The predicted molar refractivity (Wildman–Crippen MR) is 134 cm³/mol. The monoisotopic (exact) mass is 509 g/mol. The molecule has 4 N–H and O–H groups in total. The predicted octanol–water partition coefficient (Wildman–Crippen LogP) is 3.31. The largest absolute Gasteiger partial charge is 0.387 e. The lowest BCUT2D eigenvalue weighted by molar-refractivity contribution is -0.237. The Morgan fingerprint density at radius 2 is 1.54 bits per heavy atom. The number of aromatic nitrogens is 2. The van der Waals surface area contributed by atoms with Crippen LogP contribution in [-0.4, -0.2) is 46.9 Å². The molecule has 0 saturated heterocycles. The van der Waals surface area contributed by atoms with Crippen molar-refractivity contribution in [1.29, 1.82) is 0 Å². The Hall–Kier alpha value is -2.36. The van der Waals surface area contributed by atoms with Gasteiger partial charge < -0.3 is 24.9 Å². The number of rotatable bonds is 8. The van der Waals surface area contributed by atoms with E-state index in [1.54, 1.807) is 58.0 Å². The van der Waals surface area contributed by atoms with Gasteiger partial charge in [-0.15, -0.1) is 0 Å². The molecule has 1 unspecified atom stereocenters. The molecule has 0 fully saturated rings. The topological polar surface area (TPSA) is 151 Å². The highest BCUT2D eigenvalue weighted by molar-refractivity contribution is 7.53. The molecule has 0 aliphatic rings. The summed E-state index contributed by atoms with van der Waals surface area (Å²) < 4.78 is 19.5. The lowest BCUT2D eigenvalue weighted by Gasteiger charge is -2.54. The fourth-order valence-electron chi connectivity index (χ4n) is 4.03. The maximum absolute atomic E-state index is 13.3. The molecule has 0 aliphatic carbocycles. The normalized spacial score (nSPS) is 15.0. The average Bonchev–Trinajstić information content (AvgIpc) is 2.70. The minimum absolute atomic E-state index is 0.0924. The molecule has 1 aromatic carbocycles. The number of nitrogens with one attached hydrogen (secondary N) is 1. The van der Waals surface area contributed by atoms with E-state index in [1.165, 1.54) is 39.2 Å². The van der Waals surface area contributed by atoms with Crippen molar-refractivity contribution in [3.05, 3.63) is 57.6 Å². The van der Waals surface area contributed by atoms with Crippen LogP contribution in [0.25, 0.3) is 0 Å². The molecule has 1 aromatic heterocycles. The van der Waals surface area contributed by atoms with Gasteiger partial charge >= 0.3 is 13.3 Å². The number of aliphatic hydroxyl groups is 1. The number of hydrogen-bond acceptors (Lipinski definition) is 6. The van der Waals surface area contributed by atoms with Crippen LogP contribution in [0.2, 0.25) is 0 Å². The maximum atomic E-state index is 13.3. The van der Waals surface area contributed by atoms with Crippen LogP contribution in [0.4, 0.5) is 5.82 Å². The Morgan fingerprint density at radius 1 is 1.03 bits per heavy atom. The first kappa shape index (κ1) is 28.9. The van der Waals surface area contributed by atoms with Gasteiger partial charge in [-0.2, -0.15) is 4.98 Å². The second kappa shape index (κ2) is 9.26. The van der Waals surface area contributed by atoms with Crippen molar-refractivity contribution in [3.63, 3.8) is 0 Å². The zero-order valence-electron chi connectivity index (χ0n) is 21.7. The highest BCUT2D eigenvalue weighted by Gasteiger charge is 2.59. The minimum Gasteiger partial charge on any atom is -0.387 e. The molecular weight excluding hydrogens is 473 g/mol. The molecule has 1 amide bonds. The third-order valence-electron chi connectivity index (χ3n) is 6.95. The summed E-state index contributed by atoms with van der Waals surface area (Å²) >= 11 is 0. The highest BCUT2D eigenvalue weighted by atomic mass is 31.2. The number of carbonyl (C=O) groups is 1. The van der Waals surface area contributed by atoms with Gasteiger partial charge in [0.25, 0.3) is 5.91 Å². The fourth-order valence-corrected chi connectivity index (χ4v) is 4.33. The van der Waals surface area contributed by atoms with E-state index in [9.17, 15) is 29.0 Å². The SMILES string of the molecule is Cc1c(NC(=O)c2ccccc2)nc(=O)n(C(C)(C)C(C)(OC(C)(C)P(=O)(O)O)C(C)(C)O)c1C. The van der Waals surface area contributed by atoms with Gasteiger partial charge in [-0.05, 0) is 74.4 Å². The summed E-state index contributed by atoms with van der Waals surface area (Å²) in [6.07, 6.45) is 0. The fraction of sp³-hybridized carbons (Fsp3) is 0.542. The van der Waals surface area contributed by atoms with Gasteiger partial charge in [0.1, 0.15) is 11.4 Å². The van der Waals surface area contributed by atoms with Crippen molar-refractivity contribution in [1.82, 2.24) is 9.55 Å². The third kappa shape index (κ3) is 5.27. The van der Waals surface area contributed by atoms with Gasteiger partial charge in [0, 0.05) is 16.8 Å². The molecule has 11 heteroatoms. The molecule has 2 aromatic rings. The Morgan fingerprint density at radius 3 is 2.00 bits per heavy atom. The molecule has 0 aliphatic heterocycles. The first-order valence-electron chi connectivity index (χ1n) is 11.1. The van der Waals surface area contributed by atoms with Gasteiger partial charge in [0.15, 0.2) is 5.34 Å². The van der Waals surface area contributed by atoms with E-state index in [0.29, 0.717) is 16.8 Å². The molecule has 0 bridgehead atoms. The summed E-state index contributed by atoms with van der Waals surface area (Å²) in [5.41, 5.74) is -4.10. The van der Waals surface area contributed by atoms with Crippen molar-refractivity contribution >= 4 is 19.3 Å². The van der Waals surface area contributed by atoms with E-state index in [0.717, 1.165) is 0 Å². The number of ether oxygens (including phenoxy) is 1. The molecule has 2 rings (SSSR count). The van der Waals surface area contributed by atoms with Crippen LogP contribution in [0, 0.1) is 13.8 Å². The van der Waals surface area contributed by atoms with Crippen LogP contribution < -0.4 is 11.0 Å². The van der Waals surface area contributed by atoms with Crippen LogP contribution in [0.1, 0.15) is 70.1 Å². The van der Waals surface area contributed by atoms with Gasteiger partial charge in [0.05, 0.1) is 11.1 Å². The van der Waals surface area contributed by atoms with Crippen molar-refractivity contribution < 1.29 is 29.0 Å². The van der Waals surface area contributed by atoms with Gasteiger partial charge in [-0.25, -0.2) is 4.79 Å². The highest BCUT2D eigenvalue weighted by Crippen LogP contribution is 2.55. The summed E-state index contributed by atoms with van der Waals surface area (Å²) in [5, 5.41) is 11.8. The van der Waals surface area contributed by atoms with Crippen molar-refractivity contribution in [3.8, 4) is 0 Å². The molecule has 35 heavy (non-hydrogen) atoms. The smallest absolute Gasteiger partial charge is 0.356 e. The van der Waals surface area contributed by atoms with Crippen molar-refractivity contribution in [2.75, 3.05) is 5.32 Å². The lowest BCUT2D eigenvalue weighted by atomic mass is 9.72. The average molecular weight is 510 g/mol. The Bertz CT molecular complexity index is 1210. The van der Waals surface area contributed by atoms with Crippen LogP contribution in [0.15, 0.2) is 35.1 Å². The number of amides is 1. The standard InChI is InChI=1S/C24H36N3O7P/c1-15-16(2)27(20(29)26-18(15)25-19(28)17-13-11-10-12-14-17)21(3,4)24(9,22(5,6)30)34-23(7,8)35(31,32)33/h10-14,30H,1-9H3,(H2,31,32,33)(H,25,26,28,29). The second-order valence-electron chi connectivity index (χ2n) is 10.4. The first-order chi connectivity index (χ1) is 15.7. The van der Waals surface area contributed by atoms with Gasteiger partial charge in [-0.1, -0.05) is 18.2 Å². The van der Waals surface area contributed by atoms with Crippen molar-refractivity contribution in [2.24, 2.45) is 0 Å². The Labute approximate surface area is 205 Å². The van der Waals surface area contributed by atoms with E-state index < -0.39 is 41.3 Å². The minimum atomic E-state index is -4.77. The van der Waals surface area contributed by atoms with Gasteiger partial charge in [0.2, 0.25) is 0 Å². The van der Waals surface area contributed by atoms with Crippen LogP contribution in [0.5, 0.6) is 0 Å².